The van der Waals surface area contributed by atoms with Gasteiger partial charge in [0.2, 0.25) is 11.7 Å². The first-order chi connectivity index (χ1) is 12.8. The molecule has 0 unspecified atom stereocenters. The molecule has 7 heteroatoms. The van der Waals surface area contributed by atoms with Crippen molar-refractivity contribution in [3.63, 3.8) is 0 Å². The van der Waals surface area contributed by atoms with Crippen LogP contribution in [0.1, 0.15) is 24.6 Å². The van der Waals surface area contributed by atoms with Crippen LogP contribution in [0.3, 0.4) is 0 Å². The van der Waals surface area contributed by atoms with Gasteiger partial charge in [-0.1, -0.05) is 29.4 Å². The Hall–Kier alpha value is -2.64. The molecule has 1 aliphatic rings. The van der Waals surface area contributed by atoms with Crippen molar-refractivity contribution in [2.45, 2.75) is 32.4 Å². The fourth-order valence-electron chi connectivity index (χ4n) is 3.00. The largest absolute Gasteiger partial charge is 0.377 e. The molecule has 1 aromatic carbocycles. The lowest BCUT2D eigenvalue weighted by Crippen LogP contribution is -2.25. The number of hydrogen-bond acceptors (Lipinski definition) is 7. The second kappa shape index (κ2) is 7.72. The molecule has 0 amide bonds. The normalized spacial score (nSPS) is 16.9. The number of aromatic nitrogens is 4. The summed E-state index contributed by atoms with van der Waals surface area (Å²) in [5.41, 5.74) is 2.84. The number of rotatable bonds is 6. The average Bonchev–Trinajstić information content (AvgIpc) is 3.34. The number of aryl methyl sites for hydroxylation is 1. The van der Waals surface area contributed by atoms with Crippen LogP contribution in [0.2, 0.25) is 0 Å². The molecule has 2 aromatic heterocycles. The highest BCUT2D eigenvalue weighted by Gasteiger charge is 2.15. The zero-order valence-electron chi connectivity index (χ0n) is 14.7. The van der Waals surface area contributed by atoms with Gasteiger partial charge in [-0.2, -0.15) is 4.98 Å². The molecule has 7 nitrogen and oxygen atoms in total. The Bertz CT molecular complexity index is 856. The molecule has 0 radical (unpaired) electrons. The zero-order valence-corrected chi connectivity index (χ0v) is 14.7. The van der Waals surface area contributed by atoms with Crippen LogP contribution in [-0.4, -0.2) is 39.4 Å². The van der Waals surface area contributed by atoms with Gasteiger partial charge in [0.05, 0.1) is 18.3 Å². The second-order valence-electron chi connectivity index (χ2n) is 6.34. The average molecular weight is 351 g/mol. The van der Waals surface area contributed by atoms with Gasteiger partial charge in [0.25, 0.3) is 0 Å². The molecule has 3 heterocycles. The van der Waals surface area contributed by atoms with Crippen LogP contribution in [0, 0.1) is 6.92 Å². The number of ether oxygens (including phenoxy) is 1. The zero-order chi connectivity index (χ0) is 17.8. The van der Waals surface area contributed by atoms with Crippen molar-refractivity contribution in [1.29, 1.82) is 0 Å². The Kier molecular flexibility index (Phi) is 4.99. The molecule has 1 N–H and O–H groups in total. The summed E-state index contributed by atoms with van der Waals surface area (Å²) in [7, 11) is 0. The van der Waals surface area contributed by atoms with Gasteiger partial charge >= 0.3 is 0 Å². The van der Waals surface area contributed by atoms with E-state index in [2.05, 4.69) is 25.4 Å². The summed E-state index contributed by atoms with van der Waals surface area (Å²) in [6, 6.07) is 9.85. The standard InChI is InChI=1S/C19H21N5O2/c1-13-21-9-8-17(22-13)14-4-6-15(7-5-14)19-23-18(26-24-19)12-20-11-16-3-2-10-25-16/h4-9,16,20H,2-3,10-12H2,1H3/t16-/m1/s1. The van der Waals surface area contributed by atoms with Crippen LogP contribution in [0.5, 0.6) is 0 Å². The fraction of sp³-hybridized carbons (Fsp3) is 0.368. The van der Waals surface area contributed by atoms with Gasteiger partial charge in [-0.05, 0) is 25.8 Å². The Labute approximate surface area is 151 Å². The lowest BCUT2D eigenvalue weighted by Gasteiger charge is -2.08. The minimum Gasteiger partial charge on any atom is -0.377 e. The SMILES string of the molecule is Cc1nccc(-c2ccc(-c3noc(CNC[C@H]4CCCO4)n3)cc2)n1. The van der Waals surface area contributed by atoms with E-state index in [1.165, 1.54) is 0 Å². The topological polar surface area (TPSA) is 86.0 Å². The maximum atomic E-state index is 5.58. The van der Waals surface area contributed by atoms with E-state index in [4.69, 9.17) is 9.26 Å². The molecular weight excluding hydrogens is 330 g/mol. The maximum absolute atomic E-state index is 5.58. The van der Waals surface area contributed by atoms with Crippen molar-refractivity contribution in [3.05, 3.63) is 48.2 Å². The molecule has 0 aliphatic carbocycles. The maximum Gasteiger partial charge on any atom is 0.240 e. The van der Waals surface area contributed by atoms with Crippen LogP contribution in [0.25, 0.3) is 22.6 Å². The molecule has 1 aliphatic heterocycles. The van der Waals surface area contributed by atoms with Crippen LogP contribution in [0.4, 0.5) is 0 Å². The highest BCUT2D eigenvalue weighted by Crippen LogP contribution is 2.22. The summed E-state index contributed by atoms with van der Waals surface area (Å²) in [6.07, 6.45) is 4.32. The van der Waals surface area contributed by atoms with Crippen molar-refractivity contribution in [2.24, 2.45) is 0 Å². The molecule has 0 bridgehead atoms. The Morgan fingerprint density at radius 1 is 1.12 bits per heavy atom. The quantitative estimate of drug-likeness (QED) is 0.731. The molecule has 0 spiro atoms. The third-order valence-corrected chi connectivity index (χ3v) is 4.36. The first kappa shape index (κ1) is 16.8. The summed E-state index contributed by atoms with van der Waals surface area (Å²) in [6.45, 7) is 4.10. The predicted octanol–water partition coefficient (Wildman–Crippen LogP) is 2.77. The van der Waals surface area contributed by atoms with Crippen molar-refractivity contribution >= 4 is 0 Å². The first-order valence-corrected chi connectivity index (χ1v) is 8.83. The Morgan fingerprint density at radius 2 is 1.96 bits per heavy atom. The van der Waals surface area contributed by atoms with E-state index in [9.17, 15) is 0 Å². The monoisotopic (exact) mass is 351 g/mol. The first-order valence-electron chi connectivity index (χ1n) is 8.83. The molecule has 0 saturated carbocycles. The van der Waals surface area contributed by atoms with Crippen molar-refractivity contribution in [3.8, 4) is 22.6 Å². The van der Waals surface area contributed by atoms with Gasteiger partial charge in [-0.3, -0.25) is 0 Å². The number of hydrogen-bond donors (Lipinski definition) is 1. The van der Waals surface area contributed by atoms with E-state index in [0.717, 1.165) is 48.6 Å². The molecule has 1 fully saturated rings. The second-order valence-corrected chi connectivity index (χ2v) is 6.34. The minimum absolute atomic E-state index is 0.301. The molecule has 3 aromatic rings. The van der Waals surface area contributed by atoms with Crippen LogP contribution in [0.15, 0.2) is 41.1 Å². The van der Waals surface area contributed by atoms with Gasteiger partial charge in [-0.15, -0.1) is 0 Å². The molecule has 4 rings (SSSR count). The van der Waals surface area contributed by atoms with Gasteiger partial charge in [0.15, 0.2) is 0 Å². The fourth-order valence-corrected chi connectivity index (χ4v) is 3.00. The lowest BCUT2D eigenvalue weighted by atomic mass is 10.1. The highest BCUT2D eigenvalue weighted by atomic mass is 16.5. The summed E-state index contributed by atoms with van der Waals surface area (Å²) in [5.74, 6) is 1.92. The predicted molar refractivity (Wildman–Crippen MR) is 96.2 cm³/mol. The minimum atomic E-state index is 0.301. The number of nitrogens with zero attached hydrogens (tertiary/aromatic N) is 4. The van der Waals surface area contributed by atoms with Gasteiger partial charge < -0.3 is 14.6 Å². The summed E-state index contributed by atoms with van der Waals surface area (Å²) in [4.78, 5) is 13.0. The van der Waals surface area contributed by atoms with Crippen LogP contribution >= 0.6 is 0 Å². The van der Waals surface area contributed by atoms with Gasteiger partial charge in [0.1, 0.15) is 5.82 Å². The Balaban J connectivity index is 1.39. The summed E-state index contributed by atoms with van der Waals surface area (Å²) < 4.78 is 10.9. The smallest absolute Gasteiger partial charge is 0.240 e. The Morgan fingerprint density at radius 3 is 2.73 bits per heavy atom. The van der Waals surface area contributed by atoms with Crippen molar-refractivity contribution in [1.82, 2.24) is 25.4 Å². The van der Waals surface area contributed by atoms with Crippen molar-refractivity contribution in [2.75, 3.05) is 13.2 Å². The van der Waals surface area contributed by atoms with Crippen molar-refractivity contribution < 1.29 is 9.26 Å². The van der Waals surface area contributed by atoms with Gasteiger partial charge in [0, 0.05) is 30.5 Å². The number of nitrogens with one attached hydrogen (secondary N) is 1. The lowest BCUT2D eigenvalue weighted by molar-refractivity contribution is 0.109. The van der Waals surface area contributed by atoms with E-state index >= 15 is 0 Å². The number of benzene rings is 1. The molecule has 134 valence electrons. The van der Waals surface area contributed by atoms with E-state index in [-0.39, 0.29) is 0 Å². The molecule has 26 heavy (non-hydrogen) atoms. The summed E-state index contributed by atoms with van der Waals surface area (Å²) in [5, 5.41) is 7.38. The molecule has 1 atom stereocenters. The van der Waals surface area contributed by atoms with E-state index in [0.29, 0.717) is 24.4 Å². The third-order valence-electron chi connectivity index (χ3n) is 4.36. The third kappa shape index (κ3) is 3.95. The van der Waals surface area contributed by atoms with E-state index < -0.39 is 0 Å². The molecule has 1 saturated heterocycles. The summed E-state index contributed by atoms with van der Waals surface area (Å²) >= 11 is 0. The van der Waals surface area contributed by atoms with E-state index in [1.54, 1.807) is 6.20 Å². The van der Waals surface area contributed by atoms with Crippen LogP contribution < -0.4 is 5.32 Å². The van der Waals surface area contributed by atoms with E-state index in [1.807, 2.05) is 37.3 Å². The highest BCUT2D eigenvalue weighted by molar-refractivity contribution is 5.64. The van der Waals surface area contributed by atoms with Crippen LogP contribution in [-0.2, 0) is 11.3 Å². The van der Waals surface area contributed by atoms with Gasteiger partial charge in [-0.25, -0.2) is 9.97 Å². The molecular formula is C19H21N5O2.